The van der Waals surface area contributed by atoms with E-state index in [4.69, 9.17) is 4.74 Å². The molecule has 0 radical (unpaired) electrons. The van der Waals surface area contributed by atoms with Gasteiger partial charge in [-0.3, -0.25) is 0 Å². The van der Waals surface area contributed by atoms with Crippen LogP contribution < -0.4 is 0 Å². The van der Waals surface area contributed by atoms with Gasteiger partial charge in [-0.2, -0.15) is 0 Å². The van der Waals surface area contributed by atoms with Gasteiger partial charge in [-0.05, 0) is 51.4 Å². The van der Waals surface area contributed by atoms with Crippen LogP contribution in [-0.4, -0.2) is 11.6 Å². The highest BCUT2D eigenvalue weighted by Crippen LogP contribution is 2.41. The first-order chi connectivity index (χ1) is 7.57. The molecule has 0 aromatic rings. The minimum atomic E-state index is -0.399. The predicted octanol–water partition coefficient (Wildman–Crippen LogP) is 4.10. The molecule has 1 atom stereocenters. The summed E-state index contributed by atoms with van der Waals surface area (Å²) in [6.45, 7) is 12.5. The maximum atomic E-state index is 11.7. The molecule has 1 fully saturated rings. The summed E-state index contributed by atoms with van der Waals surface area (Å²) in [6.07, 6.45) is 4.99. The van der Waals surface area contributed by atoms with Crippen LogP contribution in [0, 0.1) is 11.3 Å². The van der Waals surface area contributed by atoms with Crippen molar-refractivity contribution in [1.82, 2.24) is 0 Å². The molecule has 98 valence electrons. The van der Waals surface area contributed by atoms with Crippen molar-refractivity contribution in [2.24, 2.45) is 11.3 Å². The summed E-state index contributed by atoms with van der Waals surface area (Å²) in [7, 11) is 0. The van der Waals surface area contributed by atoms with Crippen LogP contribution in [-0.2, 0) is 9.53 Å². The molecule has 2 heteroatoms. The Kier molecular flexibility index (Phi) is 4.06. The Bertz CT molecular complexity index is 318. The minimum Gasteiger partial charge on any atom is -0.457 e. The number of allylic oxidation sites excluding steroid dienone is 1. The fourth-order valence-corrected chi connectivity index (χ4v) is 2.83. The van der Waals surface area contributed by atoms with Crippen molar-refractivity contribution in [2.45, 2.75) is 66.4 Å². The van der Waals surface area contributed by atoms with Gasteiger partial charge >= 0.3 is 5.97 Å². The standard InChI is InChI=1S/C15H26O2/c1-11-7-12(10-15(5,6)9-11)8-13(16)17-14(2,3)4/h8,11H,7,9-10H2,1-6H3/b12-8-. The van der Waals surface area contributed by atoms with Crippen molar-refractivity contribution in [1.29, 1.82) is 0 Å². The van der Waals surface area contributed by atoms with Crippen LogP contribution in [0.2, 0.25) is 0 Å². The Labute approximate surface area is 105 Å². The second kappa shape index (κ2) is 4.83. The van der Waals surface area contributed by atoms with Crippen molar-refractivity contribution < 1.29 is 9.53 Å². The number of hydrogen-bond acceptors (Lipinski definition) is 2. The van der Waals surface area contributed by atoms with E-state index in [0.29, 0.717) is 11.3 Å². The van der Waals surface area contributed by atoms with Crippen molar-refractivity contribution in [3.63, 3.8) is 0 Å². The molecule has 0 bridgehead atoms. The first-order valence-electron chi connectivity index (χ1n) is 6.50. The summed E-state index contributed by atoms with van der Waals surface area (Å²) in [6, 6.07) is 0. The summed E-state index contributed by atoms with van der Waals surface area (Å²) in [4.78, 5) is 11.7. The minimum absolute atomic E-state index is 0.197. The zero-order valence-corrected chi connectivity index (χ0v) is 12.1. The highest BCUT2D eigenvalue weighted by Gasteiger charge is 2.29. The third-order valence-electron chi connectivity index (χ3n) is 2.95. The lowest BCUT2D eigenvalue weighted by atomic mass is 9.70. The van der Waals surface area contributed by atoms with E-state index in [9.17, 15) is 4.79 Å². The molecule has 1 unspecified atom stereocenters. The summed E-state index contributed by atoms with van der Waals surface area (Å²) in [5, 5.41) is 0. The van der Waals surface area contributed by atoms with Crippen molar-refractivity contribution in [3.05, 3.63) is 11.6 Å². The Morgan fingerprint density at radius 3 is 2.47 bits per heavy atom. The van der Waals surface area contributed by atoms with Gasteiger partial charge in [-0.25, -0.2) is 4.79 Å². The Morgan fingerprint density at radius 2 is 2.00 bits per heavy atom. The quantitative estimate of drug-likeness (QED) is 0.508. The Morgan fingerprint density at radius 1 is 1.41 bits per heavy atom. The highest BCUT2D eigenvalue weighted by atomic mass is 16.6. The van der Waals surface area contributed by atoms with E-state index in [-0.39, 0.29) is 5.97 Å². The lowest BCUT2D eigenvalue weighted by Crippen LogP contribution is -2.25. The lowest BCUT2D eigenvalue weighted by Gasteiger charge is -2.35. The molecule has 1 aliphatic rings. The molecular formula is C15H26O2. The third kappa shape index (κ3) is 5.38. The largest absolute Gasteiger partial charge is 0.457 e. The first-order valence-corrected chi connectivity index (χ1v) is 6.50. The summed E-state index contributed by atoms with van der Waals surface area (Å²) in [5.74, 6) is 0.463. The average molecular weight is 238 g/mol. The molecule has 0 N–H and O–H groups in total. The van der Waals surface area contributed by atoms with Crippen LogP contribution >= 0.6 is 0 Å². The van der Waals surface area contributed by atoms with Gasteiger partial charge in [0.05, 0.1) is 0 Å². The maximum absolute atomic E-state index is 11.7. The van der Waals surface area contributed by atoms with Gasteiger partial charge in [-0.15, -0.1) is 0 Å². The fraction of sp³-hybridized carbons (Fsp3) is 0.800. The number of ether oxygens (including phenoxy) is 1. The zero-order chi connectivity index (χ0) is 13.3. The van der Waals surface area contributed by atoms with E-state index < -0.39 is 5.60 Å². The maximum Gasteiger partial charge on any atom is 0.331 e. The van der Waals surface area contributed by atoms with E-state index in [2.05, 4.69) is 20.8 Å². The molecule has 0 heterocycles. The third-order valence-corrected chi connectivity index (χ3v) is 2.95. The molecule has 0 aromatic heterocycles. The van der Waals surface area contributed by atoms with Gasteiger partial charge in [0.1, 0.15) is 5.60 Å². The number of carbonyl (C=O) groups excluding carboxylic acids is 1. The van der Waals surface area contributed by atoms with Crippen LogP contribution in [0.3, 0.4) is 0 Å². The summed E-state index contributed by atoms with van der Waals surface area (Å²) < 4.78 is 5.33. The molecule has 2 nitrogen and oxygen atoms in total. The summed E-state index contributed by atoms with van der Waals surface area (Å²) >= 11 is 0. The van der Waals surface area contributed by atoms with Gasteiger partial charge in [0.25, 0.3) is 0 Å². The second-order valence-electron chi connectivity index (χ2n) is 7.19. The van der Waals surface area contributed by atoms with Crippen LogP contribution in [0.4, 0.5) is 0 Å². The Balaban J connectivity index is 2.69. The van der Waals surface area contributed by atoms with Gasteiger partial charge < -0.3 is 4.74 Å². The first kappa shape index (κ1) is 14.3. The van der Waals surface area contributed by atoms with Crippen molar-refractivity contribution in [3.8, 4) is 0 Å². The predicted molar refractivity (Wildman–Crippen MR) is 70.7 cm³/mol. The molecule has 1 saturated carbocycles. The monoisotopic (exact) mass is 238 g/mol. The molecule has 1 aliphatic carbocycles. The number of hydrogen-bond donors (Lipinski definition) is 0. The van der Waals surface area contributed by atoms with Gasteiger partial charge in [0.2, 0.25) is 0 Å². The van der Waals surface area contributed by atoms with Crippen molar-refractivity contribution >= 4 is 5.97 Å². The van der Waals surface area contributed by atoms with Crippen molar-refractivity contribution in [2.75, 3.05) is 0 Å². The van der Waals surface area contributed by atoms with E-state index in [1.165, 1.54) is 12.0 Å². The lowest BCUT2D eigenvalue weighted by molar-refractivity contribution is -0.148. The van der Waals surface area contributed by atoms with Crippen LogP contribution in [0.1, 0.15) is 60.8 Å². The number of carbonyl (C=O) groups is 1. The van der Waals surface area contributed by atoms with Gasteiger partial charge in [-0.1, -0.05) is 26.3 Å². The molecule has 1 rings (SSSR count). The normalized spacial score (nSPS) is 26.9. The number of rotatable bonds is 1. The zero-order valence-electron chi connectivity index (χ0n) is 12.1. The van der Waals surface area contributed by atoms with Crippen LogP contribution in [0.25, 0.3) is 0 Å². The fourth-order valence-electron chi connectivity index (χ4n) is 2.83. The second-order valence-corrected chi connectivity index (χ2v) is 7.19. The van der Waals surface area contributed by atoms with E-state index >= 15 is 0 Å². The molecular weight excluding hydrogens is 212 g/mol. The van der Waals surface area contributed by atoms with E-state index in [0.717, 1.165) is 12.8 Å². The average Bonchev–Trinajstić information content (AvgIpc) is 1.93. The topological polar surface area (TPSA) is 26.3 Å². The summed E-state index contributed by atoms with van der Waals surface area (Å²) in [5.41, 5.74) is 1.15. The van der Waals surface area contributed by atoms with Crippen LogP contribution in [0.5, 0.6) is 0 Å². The molecule has 0 aliphatic heterocycles. The molecule has 0 spiro atoms. The van der Waals surface area contributed by atoms with E-state index in [1.54, 1.807) is 6.08 Å². The van der Waals surface area contributed by atoms with Gasteiger partial charge in [0.15, 0.2) is 0 Å². The smallest absolute Gasteiger partial charge is 0.331 e. The molecule has 0 aromatic carbocycles. The molecule has 0 amide bonds. The highest BCUT2D eigenvalue weighted by molar-refractivity contribution is 5.83. The SMILES string of the molecule is CC1C/C(=C/C(=O)OC(C)(C)C)CC(C)(C)C1. The molecule has 17 heavy (non-hydrogen) atoms. The number of esters is 1. The molecule has 0 saturated heterocycles. The van der Waals surface area contributed by atoms with Crippen LogP contribution in [0.15, 0.2) is 11.6 Å². The Hall–Kier alpha value is -0.790. The van der Waals surface area contributed by atoms with E-state index in [1.807, 2.05) is 20.8 Å². The van der Waals surface area contributed by atoms with Gasteiger partial charge in [0, 0.05) is 6.08 Å².